The van der Waals surface area contributed by atoms with Crippen LogP contribution in [0.4, 0.5) is 5.69 Å². The van der Waals surface area contributed by atoms with Gasteiger partial charge in [0.15, 0.2) is 0 Å². The molecule has 188 valence electrons. The molecule has 0 radical (unpaired) electrons. The zero-order valence-corrected chi connectivity index (χ0v) is 19.9. The second kappa shape index (κ2) is 10.1. The number of nitrogens with zero attached hydrogens (tertiary/aromatic N) is 1. The molecule has 1 aliphatic rings. The van der Waals surface area contributed by atoms with E-state index in [0.717, 1.165) is 10.8 Å². The van der Waals surface area contributed by atoms with Crippen LogP contribution >= 0.6 is 0 Å². The molecule has 1 aromatic heterocycles. The molecule has 0 bridgehead atoms. The van der Waals surface area contributed by atoms with E-state index in [1.165, 1.54) is 12.1 Å². The zero-order valence-electron chi connectivity index (χ0n) is 19.9. The lowest BCUT2D eigenvalue weighted by atomic mass is 9.95. The highest BCUT2D eigenvalue weighted by Crippen LogP contribution is 2.24. The summed E-state index contributed by atoms with van der Waals surface area (Å²) < 4.78 is 0. The molecule has 3 aromatic carbocycles. The minimum Gasteiger partial charge on any atom is -0.347 e. The van der Waals surface area contributed by atoms with Crippen molar-refractivity contribution in [3.8, 4) is 0 Å². The average molecular weight is 500 g/mol. The zero-order chi connectivity index (χ0) is 25.9. The summed E-state index contributed by atoms with van der Waals surface area (Å²) in [5.74, 6) is -1.16. The first-order valence-corrected chi connectivity index (χ1v) is 12.0. The normalized spacial score (nSPS) is 14.0. The molecule has 0 saturated carbocycles. The predicted molar refractivity (Wildman–Crippen MR) is 139 cm³/mol. The van der Waals surface area contributed by atoms with E-state index in [0.29, 0.717) is 31.5 Å². The van der Waals surface area contributed by atoms with E-state index in [4.69, 9.17) is 0 Å². The molecule has 2 heterocycles. The van der Waals surface area contributed by atoms with E-state index in [1.54, 1.807) is 11.0 Å². The summed E-state index contributed by atoms with van der Waals surface area (Å²) in [4.78, 5) is 64.2. The van der Waals surface area contributed by atoms with E-state index in [-0.39, 0.29) is 40.7 Å². The van der Waals surface area contributed by atoms with Crippen LogP contribution in [0.2, 0.25) is 0 Å². The van der Waals surface area contributed by atoms with Gasteiger partial charge in [-0.15, -0.1) is 0 Å². The third-order valence-electron chi connectivity index (χ3n) is 6.70. The van der Waals surface area contributed by atoms with E-state index in [9.17, 15) is 24.0 Å². The number of amides is 3. The Bertz CT molecular complexity index is 1630. The van der Waals surface area contributed by atoms with Crippen molar-refractivity contribution in [1.29, 1.82) is 0 Å². The first-order chi connectivity index (χ1) is 17.9. The molecule has 37 heavy (non-hydrogen) atoms. The molecule has 10 nitrogen and oxygen atoms in total. The third-order valence-corrected chi connectivity index (χ3v) is 6.70. The number of fused-ring (bicyclic) bond motifs is 2. The second-order valence-electron chi connectivity index (χ2n) is 9.00. The Kier molecular flexibility index (Phi) is 6.55. The third kappa shape index (κ3) is 4.86. The standard InChI is InChI=1S/C27H25N5O5/c33-22(29-21-10-4-9-20-23(21)26(36)31-30-25(20)35)15-28-24(34)17-11-13-32(14-12-17)27(37)19-8-3-6-16-5-1-2-7-18(16)19/h1-10,17H,11-15H2,(H,28,34)(H,29,33)(H,30,35)(H,31,36). The lowest BCUT2D eigenvalue weighted by Gasteiger charge is -2.31. The molecule has 0 unspecified atom stereocenters. The minimum atomic E-state index is -0.542. The molecule has 4 aromatic rings. The number of rotatable bonds is 5. The number of aromatic amines is 2. The van der Waals surface area contributed by atoms with Crippen LogP contribution in [0.3, 0.4) is 0 Å². The molecule has 0 spiro atoms. The average Bonchev–Trinajstić information content (AvgIpc) is 2.93. The van der Waals surface area contributed by atoms with Gasteiger partial charge in [0, 0.05) is 24.6 Å². The summed E-state index contributed by atoms with van der Waals surface area (Å²) in [6.45, 7) is 0.602. The maximum Gasteiger partial charge on any atom is 0.272 e. The number of anilines is 1. The maximum absolute atomic E-state index is 13.1. The van der Waals surface area contributed by atoms with Crippen LogP contribution in [-0.4, -0.2) is 52.5 Å². The van der Waals surface area contributed by atoms with E-state index >= 15 is 0 Å². The predicted octanol–water partition coefficient (Wildman–Crippen LogP) is 1.98. The molecular formula is C27H25N5O5. The van der Waals surface area contributed by atoms with Crippen LogP contribution in [0.1, 0.15) is 23.2 Å². The molecule has 0 atom stereocenters. The largest absolute Gasteiger partial charge is 0.347 e. The number of carbonyl (C=O) groups is 3. The van der Waals surface area contributed by atoms with Crippen molar-refractivity contribution in [2.45, 2.75) is 12.8 Å². The SMILES string of the molecule is O=C(CNC(=O)C1CCN(C(=O)c2cccc3ccccc23)CC1)Nc1cccc2c(=O)[nH][nH]c(=O)c12. The second-order valence-corrected chi connectivity index (χ2v) is 9.00. The van der Waals surface area contributed by atoms with E-state index in [2.05, 4.69) is 20.8 Å². The van der Waals surface area contributed by atoms with Gasteiger partial charge < -0.3 is 15.5 Å². The summed E-state index contributed by atoms with van der Waals surface area (Å²) in [7, 11) is 0. The van der Waals surface area contributed by atoms with Gasteiger partial charge >= 0.3 is 0 Å². The van der Waals surface area contributed by atoms with Crippen LogP contribution < -0.4 is 21.8 Å². The fraction of sp³-hybridized carbons (Fsp3) is 0.222. The Morgan fingerprint density at radius 1 is 0.838 bits per heavy atom. The Morgan fingerprint density at radius 3 is 2.32 bits per heavy atom. The van der Waals surface area contributed by atoms with Gasteiger partial charge in [0.1, 0.15) is 0 Å². The van der Waals surface area contributed by atoms with Crippen LogP contribution in [-0.2, 0) is 9.59 Å². The Labute approximate surface area is 210 Å². The van der Waals surface area contributed by atoms with Gasteiger partial charge in [0.2, 0.25) is 11.8 Å². The van der Waals surface area contributed by atoms with Gasteiger partial charge in [-0.2, -0.15) is 0 Å². The van der Waals surface area contributed by atoms with Crippen molar-refractivity contribution in [1.82, 2.24) is 20.4 Å². The summed E-state index contributed by atoms with van der Waals surface area (Å²) in [5.41, 5.74) is -0.195. The van der Waals surface area contributed by atoms with Crippen LogP contribution in [0, 0.1) is 5.92 Å². The minimum absolute atomic E-state index is 0.0565. The lowest BCUT2D eigenvalue weighted by Crippen LogP contribution is -2.44. The van der Waals surface area contributed by atoms with Gasteiger partial charge in [-0.3, -0.25) is 34.2 Å². The number of H-pyrrole nitrogens is 2. The Hall–Kier alpha value is -4.73. The number of hydrogen-bond donors (Lipinski definition) is 4. The maximum atomic E-state index is 13.1. The van der Waals surface area contributed by atoms with Gasteiger partial charge in [-0.1, -0.05) is 42.5 Å². The monoisotopic (exact) mass is 499 g/mol. The molecule has 1 saturated heterocycles. The quantitative estimate of drug-likeness (QED) is 0.332. The van der Waals surface area contributed by atoms with E-state index in [1.807, 2.05) is 42.5 Å². The summed E-state index contributed by atoms with van der Waals surface area (Å²) >= 11 is 0. The molecule has 1 aliphatic heterocycles. The highest BCUT2D eigenvalue weighted by atomic mass is 16.2. The number of carbonyl (C=O) groups excluding carboxylic acids is 3. The molecule has 10 heteroatoms. The number of aromatic nitrogens is 2. The number of likely N-dealkylation sites (tertiary alicyclic amines) is 1. The number of nitrogens with one attached hydrogen (secondary N) is 4. The van der Waals surface area contributed by atoms with Crippen molar-refractivity contribution in [3.05, 3.63) is 86.9 Å². The fourth-order valence-electron chi connectivity index (χ4n) is 4.77. The first-order valence-electron chi connectivity index (χ1n) is 12.0. The van der Waals surface area contributed by atoms with Gasteiger partial charge in [0.25, 0.3) is 17.0 Å². The molecule has 0 aliphatic carbocycles. The number of piperidine rings is 1. The highest BCUT2D eigenvalue weighted by Gasteiger charge is 2.28. The fourth-order valence-corrected chi connectivity index (χ4v) is 4.77. The topological polar surface area (TPSA) is 144 Å². The summed E-state index contributed by atoms with van der Waals surface area (Å²) in [6.07, 6.45) is 0.983. The molecule has 5 rings (SSSR count). The van der Waals surface area contributed by atoms with Crippen molar-refractivity contribution in [2.24, 2.45) is 5.92 Å². The Balaban J connectivity index is 1.16. The van der Waals surface area contributed by atoms with Crippen LogP contribution in [0.5, 0.6) is 0 Å². The highest BCUT2D eigenvalue weighted by molar-refractivity contribution is 6.07. The Morgan fingerprint density at radius 2 is 1.51 bits per heavy atom. The van der Waals surface area contributed by atoms with Crippen molar-refractivity contribution < 1.29 is 14.4 Å². The van der Waals surface area contributed by atoms with E-state index < -0.39 is 17.0 Å². The van der Waals surface area contributed by atoms with Gasteiger partial charge in [-0.05, 0) is 41.8 Å². The van der Waals surface area contributed by atoms with Crippen LogP contribution in [0.15, 0.2) is 70.3 Å². The molecule has 3 amide bonds. The number of hydrogen-bond acceptors (Lipinski definition) is 5. The van der Waals surface area contributed by atoms with Gasteiger partial charge in [0.05, 0.1) is 23.0 Å². The van der Waals surface area contributed by atoms with Crippen molar-refractivity contribution >= 4 is 45.0 Å². The molecule has 1 fully saturated rings. The molecular weight excluding hydrogens is 474 g/mol. The number of benzene rings is 3. The summed E-state index contributed by atoms with van der Waals surface area (Å²) in [6, 6.07) is 18.0. The van der Waals surface area contributed by atoms with Crippen molar-refractivity contribution in [3.63, 3.8) is 0 Å². The first kappa shape index (κ1) is 24.0. The van der Waals surface area contributed by atoms with Crippen molar-refractivity contribution in [2.75, 3.05) is 25.0 Å². The lowest BCUT2D eigenvalue weighted by molar-refractivity contribution is -0.128. The molecule has 4 N–H and O–H groups in total. The van der Waals surface area contributed by atoms with Crippen LogP contribution in [0.25, 0.3) is 21.5 Å². The summed E-state index contributed by atoms with van der Waals surface area (Å²) in [5, 5.41) is 11.8. The van der Waals surface area contributed by atoms with Gasteiger partial charge in [-0.25, -0.2) is 0 Å². The smallest absolute Gasteiger partial charge is 0.272 e.